The summed E-state index contributed by atoms with van der Waals surface area (Å²) in [5, 5.41) is 51.5. The Morgan fingerprint density at radius 1 is 1.14 bits per heavy atom. The van der Waals surface area contributed by atoms with E-state index in [0.29, 0.717) is 10.9 Å². The highest BCUT2D eigenvalue weighted by Gasteiger charge is 2.43. The fourth-order valence-electron chi connectivity index (χ4n) is 2.89. The number of hydrogen-bond donors (Lipinski definition) is 6. The molecular weight excluding hydrogens is 372 g/mol. The van der Waals surface area contributed by atoms with Crippen LogP contribution in [0.25, 0.3) is 10.9 Å². The Bertz CT molecular complexity index is 830. The number of aromatic hydroxyl groups is 1. The number of aromatic nitrogens is 1. The van der Waals surface area contributed by atoms with E-state index in [1.165, 1.54) is 12.1 Å². The van der Waals surface area contributed by atoms with Crippen LogP contribution in [0.2, 0.25) is 0 Å². The Hall–Kier alpha value is -2.34. The van der Waals surface area contributed by atoms with Crippen molar-refractivity contribution in [2.45, 2.75) is 30.7 Å². The Morgan fingerprint density at radius 2 is 1.93 bits per heavy atom. The zero-order chi connectivity index (χ0) is 20.3. The van der Waals surface area contributed by atoms with Gasteiger partial charge < -0.3 is 40.3 Å². The molecule has 0 unspecified atom stereocenters. The first-order chi connectivity index (χ1) is 13.4. The number of ether oxygens (including phenoxy) is 2. The maximum absolute atomic E-state index is 12.2. The molecule has 0 saturated carbocycles. The average Bonchev–Trinajstić information content (AvgIpc) is 2.70. The van der Waals surface area contributed by atoms with Crippen molar-refractivity contribution < 1.29 is 39.8 Å². The number of carbonyl (C=O) groups excluding carboxylic acids is 1. The van der Waals surface area contributed by atoms with Crippen molar-refractivity contribution in [3.8, 4) is 5.75 Å². The molecule has 3 rings (SSSR count). The van der Waals surface area contributed by atoms with Crippen LogP contribution < -0.4 is 5.32 Å². The van der Waals surface area contributed by atoms with Crippen LogP contribution in [-0.4, -0.2) is 86.9 Å². The number of pyridine rings is 1. The van der Waals surface area contributed by atoms with Crippen LogP contribution in [0.5, 0.6) is 5.75 Å². The number of rotatable bonds is 6. The lowest BCUT2D eigenvalue weighted by Gasteiger charge is -2.39. The van der Waals surface area contributed by atoms with Gasteiger partial charge in [0.05, 0.1) is 13.2 Å². The Morgan fingerprint density at radius 3 is 2.68 bits per heavy atom. The third-order valence-electron chi connectivity index (χ3n) is 4.45. The zero-order valence-corrected chi connectivity index (χ0v) is 14.8. The van der Waals surface area contributed by atoms with Gasteiger partial charge in [0.15, 0.2) is 6.29 Å². The van der Waals surface area contributed by atoms with Crippen molar-refractivity contribution in [3.63, 3.8) is 0 Å². The molecule has 5 atom stereocenters. The van der Waals surface area contributed by atoms with E-state index in [2.05, 4.69) is 10.3 Å². The van der Waals surface area contributed by atoms with Crippen LogP contribution >= 0.6 is 0 Å². The zero-order valence-electron chi connectivity index (χ0n) is 14.8. The minimum absolute atomic E-state index is 0.0295. The third kappa shape index (κ3) is 4.22. The molecule has 10 nitrogen and oxygen atoms in total. The molecule has 1 amide bonds. The maximum atomic E-state index is 12.2. The van der Waals surface area contributed by atoms with Crippen LogP contribution in [-0.2, 0) is 9.47 Å². The molecule has 0 radical (unpaired) electrons. The van der Waals surface area contributed by atoms with E-state index in [4.69, 9.17) is 14.6 Å². The predicted molar refractivity (Wildman–Crippen MR) is 95.5 cm³/mol. The first-order valence-corrected chi connectivity index (χ1v) is 8.71. The van der Waals surface area contributed by atoms with Gasteiger partial charge in [-0.3, -0.25) is 4.79 Å². The highest BCUT2D eigenvalue weighted by Crippen LogP contribution is 2.23. The SMILES string of the molecule is O=C(NCCO[C@@H]1O[C@H](CO)[C@@H](O)[C@H](O)[C@H]1O)c1ccc2cccc(O)c2n1. The highest BCUT2D eigenvalue weighted by molar-refractivity contribution is 5.95. The summed E-state index contributed by atoms with van der Waals surface area (Å²) >= 11 is 0. The number of nitrogens with one attached hydrogen (secondary N) is 1. The molecule has 10 heteroatoms. The third-order valence-corrected chi connectivity index (χ3v) is 4.45. The van der Waals surface area contributed by atoms with E-state index in [9.17, 15) is 25.2 Å². The van der Waals surface area contributed by atoms with E-state index in [-0.39, 0.29) is 24.6 Å². The number of benzene rings is 1. The Labute approximate surface area is 160 Å². The van der Waals surface area contributed by atoms with E-state index in [0.717, 1.165) is 0 Å². The summed E-state index contributed by atoms with van der Waals surface area (Å²) in [6.07, 6.45) is -6.82. The molecule has 28 heavy (non-hydrogen) atoms. The molecule has 1 fully saturated rings. The summed E-state index contributed by atoms with van der Waals surface area (Å²) in [6, 6.07) is 8.11. The van der Waals surface area contributed by atoms with Gasteiger partial charge in [0.25, 0.3) is 5.91 Å². The van der Waals surface area contributed by atoms with Crippen LogP contribution in [0.3, 0.4) is 0 Å². The Balaban J connectivity index is 1.52. The molecule has 6 N–H and O–H groups in total. The number of aliphatic hydroxyl groups excluding tert-OH is 4. The van der Waals surface area contributed by atoms with Crippen molar-refractivity contribution in [1.82, 2.24) is 10.3 Å². The van der Waals surface area contributed by atoms with Crippen molar-refractivity contribution in [1.29, 1.82) is 0 Å². The van der Waals surface area contributed by atoms with Crippen LogP contribution in [0.15, 0.2) is 30.3 Å². The maximum Gasteiger partial charge on any atom is 0.269 e. The number of aliphatic hydroxyl groups is 4. The molecule has 0 bridgehead atoms. The molecule has 1 aromatic heterocycles. The van der Waals surface area contributed by atoms with Gasteiger partial charge in [-0.1, -0.05) is 18.2 Å². The molecule has 0 spiro atoms. The lowest BCUT2D eigenvalue weighted by atomic mass is 9.99. The van der Waals surface area contributed by atoms with E-state index >= 15 is 0 Å². The van der Waals surface area contributed by atoms with Gasteiger partial charge in [-0.15, -0.1) is 0 Å². The minimum Gasteiger partial charge on any atom is -0.506 e. The smallest absolute Gasteiger partial charge is 0.269 e. The summed E-state index contributed by atoms with van der Waals surface area (Å²) in [7, 11) is 0. The number of hydrogen-bond acceptors (Lipinski definition) is 9. The first-order valence-electron chi connectivity index (χ1n) is 8.71. The summed E-state index contributed by atoms with van der Waals surface area (Å²) in [4.78, 5) is 16.3. The average molecular weight is 394 g/mol. The van der Waals surface area contributed by atoms with Crippen LogP contribution in [0.1, 0.15) is 10.5 Å². The fourth-order valence-corrected chi connectivity index (χ4v) is 2.89. The standard InChI is InChI=1S/C18H22N2O8/c21-8-12-14(23)15(24)16(25)18(28-12)27-7-6-19-17(26)10-5-4-9-2-1-3-11(22)13(9)20-10/h1-5,12,14-16,18,21-25H,6-8H2,(H,19,26)/t12-,14-,15+,16-,18-/m1/s1. The van der Waals surface area contributed by atoms with E-state index < -0.39 is 43.2 Å². The van der Waals surface area contributed by atoms with E-state index in [1.807, 2.05) is 0 Å². The second kappa shape index (κ2) is 8.78. The highest BCUT2D eigenvalue weighted by atomic mass is 16.7. The van der Waals surface area contributed by atoms with Gasteiger partial charge >= 0.3 is 0 Å². The van der Waals surface area contributed by atoms with Crippen molar-refractivity contribution in [3.05, 3.63) is 36.0 Å². The summed E-state index contributed by atoms with van der Waals surface area (Å²) in [5.74, 6) is -0.513. The molecular formula is C18H22N2O8. The van der Waals surface area contributed by atoms with Crippen molar-refractivity contribution in [2.75, 3.05) is 19.8 Å². The number of nitrogens with zero attached hydrogens (tertiary/aromatic N) is 1. The molecule has 0 aliphatic carbocycles. The number of phenolic OH excluding ortho intramolecular Hbond substituents is 1. The second-order valence-electron chi connectivity index (χ2n) is 6.37. The predicted octanol–water partition coefficient (Wildman–Crippen LogP) is -1.51. The molecule has 1 aromatic carbocycles. The van der Waals surface area contributed by atoms with Gasteiger partial charge in [-0.05, 0) is 12.1 Å². The van der Waals surface area contributed by atoms with Crippen LogP contribution in [0.4, 0.5) is 0 Å². The number of carbonyl (C=O) groups is 1. The van der Waals surface area contributed by atoms with Gasteiger partial charge in [0, 0.05) is 11.9 Å². The number of phenols is 1. The van der Waals surface area contributed by atoms with Crippen molar-refractivity contribution in [2.24, 2.45) is 0 Å². The molecule has 2 aromatic rings. The molecule has 152 valence electrons. The lowest BCUT2D eigenvalue weighted by molar-refractivity contribution is -0.300. The lowest BCUT2D eigenvalue weighted by Crippen LogP contribution is -2.59. The Kier molecular flexibility index (Phi) is 6.39. The van der Waals surface area contributed by atoms with Gasteiger partial charge in [-0.25, -0.2) is 4.98 Å². The molecule has 1 aliphatic rings. The fraction of sp³-hybridized carbons (Fsp3) is 0.444. The number of amides is 1. The molecule has 2 heterocycles. The van der Waals surface area contributed by atoms with E-state index in [1.54, 1.807) is 18.2 Å². The topological polar surface area (TPSA) is 162 Å². The number of fused-ring (bicyclic) bond motifs is 1. The van der Waals surface area contributed by atoms with Crippen LogP contribution in [0, 0.1) is 0 Å². The minimum atomic E-state index is -1.53. The monoisotopic (exact) mass is 394 g/mol. The van der Waals surface area contributed by atoms with Gasteiger partial charge in [-0.2, -0.15) is 0 Å². The second-order valence-corrected chi connectivity index (χ2v) is 6.37. The summed E-state index contributed by atoms with van der Waals surface area (Å²) < 4.78 is 10.5. The van der Waals surface area contributed by atoms with Crippen molar-refractivity contribution >= 4 is 16.8 Å². The largest absolute Gasteiger partial charge is 0.506 e. The quantitative estimate of drug-likeness (QED) is 0.320. The first kappa shape index (κ1) is 20.4. The molecule has 1 aliphatic heterocycles. The molecule has 1 saturated heterocycles. The van der Waals surface area contributed by atoms with Gasteiger partial charge in [0.2, 0.25) is 0 Å². The normalized spacial score (nSPS) is 27.6. The summed E-state index contributed by atoms with van der Waals surface area (Å²) in [6.45, 7) is -0.566. The van der Waals surface area contributed by atoms with Gasteiger partial charge in [0.1, 0.15) is 41.4 Å². The number of para-hydroxylation sites is 1. The summed E-state index contributed by atoms with van der Waals surface area (Å²) in [5.41, 5.74) is 0.426.